The molecule has 4 aromatic heterocycles. The molecule has 0 fully saturated rings. The third-order valence-corrected chi connectivity index (χ3v) is 7.06. The molecule has 0 bridgehead atoms. The molecule has 2 aromatic carbocycles. The predicted molar refractivity (Wildman–Crippen MR) is 186 cm³/mol. The van der Waals surface area contributed by atoms with Crippen molar-refractivity contribution in [2.75, 3.05) is 10.6 Å². The highest BCUT2D eigenvalue weighted by atomic mass is 16.3. The summed E-state index contributed by atoms with van der Waals surface area (Å²) in [6, 6.07) is 22.8. The number of aromatic hydroxyl groups is 2. The van der Waals surface area contributed by atoms with E-state index in [1.165, 1.54) is 11.1 Å². The Morgan fingerprint density at radius 2 is 1.11 bits per heavy atom. The third kappa shape index (κ3) is 7.23. The number of aromatic nitrogens is 4. The van der Waals surface area contributed by atoms with E-state index in [1.54, 1.807) is 24.3 Å². The number of pyridine rings is 2. The van der Waals surface area contributed by atoms with Crippen LogP contribution < -0.4 is 10.6 Å². The summed E-state index contributed by atoms with van der Waals surface area (Å²) in [5.41, 5.74) is 8.59. The van der Waals surface area contributed by atoms with Gasteiger partial charge >= 0.3 is 0 Å². The number of nitrogens with one attached hydrogen (secondary N) is 2. The van der Waals surface area contributed by atoms with Crippen LogP contribution in [0.15, 0.2) is 79.0 Å². The number of rotatable bonds is 4. The number of imidazole rings is 2. The summed E-state index contributed by atoms with van der Waals surface area (Å²) in [7, 11) is 0. The first-order valence-electron chi connectivity index (χ1n) is 15.2. The molecule has 0 saturated heterocycles. The van der Waals surface area contributed by atoms with Crippen molar-refractivity contribution in [1.29, 1.82) is 0 Å². The van der Waals surface area contributed by atoms with E-state index >= 15 is 0 Å². The molecule has 45 heavy (non-hydrogen) atoms. The maximum absolute atomic E-state index is 9.82. The van der Waals surface area contributed by atoms with Gasteiger partial charge in [0.15, 0.2) is 0 Å². The van der Waals surface area contributed by atoms with Crippen LogP contribution in [0.3, 0.4) is 0 Å². The number of nitrogens with zero attached hydrogens (tertiary/aromatic N) is 4. The second kappa shape index (κ2) is 11.8. The largest absolute Gasteiger partial charge is 0.508 e. The van der Waals surface area contributed by atoms with Crippen molar-refractivity contribution in [3.63, 3.8) is 0 Å². The van der Waals surface area contributed by atoms with Gasteiger partial charge in [0.2, 0.25) is 0 Å². The quantitative estimate of drug-likeness (QED) is 0.161. The van der Waals surface area contributed by atoms with E-state index in [-0.39, 0.29) is 22.6 Å². The zero-order valence-corrected chi connectivity index (χ0v) is 27.7. The van der Waals surface area contributed by atoms with Gasteiger partial charge in [0.1, 0.15) is 45.8 Å². The molecule has 6 aromatic rings. The molecule has 8 nitrogen and oxygen atoms in total. The molecule has 0 saturated carbocycles. The van der Waals surface area contributed by atoms with E-state index in [9.17, 15) is 10.2 Å². The monoisotopic (exact) mass is 604 g/mol. The average molecular weight is 605 g/mol. The van der Waals surface area contributed by atoms with Crippen LogP contribution in [0.1, 0.15) is 58.4 Å². The van der Waals surface area contributed by atoms with Crippen molar-refractivity contribution in [3.8, 4) is 34.0 Å². The summed E-state index contributed by atoms with van der Waals surface area (Å²) >= 11 is 0. The van der Waals surface area contributed by atoms with Gasteiger partial charge in [-0.2, -0.15) is 0 Å². The highest BCUT2D eigenvalue weighted by Crippen LogP contribution is 2.34. The van der Waals surface area contributed by atoms with Gasteiger partial charge in [0.05, 0.1) is 0 Å². The maximum atomic E-state index is 9.82. The SMILES string of the molecule is Cc1cc(C)n2c(NC(C)(C)C)c(-c3cccc(O)c3)nc2c1.Cc1ccn2c(NC(C)(C)C)c(-c3cccc(O)c3)nc2c1. The van der Waals surface area contributed by atoms with Crippen LogP contribution in [0.5, 0.6) is 11.5 Å². The van der Waals surface area contributed by atoms with E-state index in [0.29, 0.717) is 0 Å². The Hall–Kier alpha value is -4.98. The minimum absolute atomic E-state index is 0.0908. The van der Waals surface area contributed by atoms with E-state index < -0.39 is 0 Å². The molecule has 6 rings (SSSR count). The van der Waals surface area contributed by atoms with Gasteiger partial charge in [-0.05, 0) is 122 Å². The Balaban J connectivity index is 0.000000178. The smallest absolute Gasteiger partial charge is 0.139 e. The fourth-order valence-electron chi connectivity index (χ4n) is 5.33. The molecule has 0 aliphatic carbocycles. The van der Waals surface area contributed by atoms with Gasteiger partial charge in [0, 0.05) is 34.1 Å². The third-order valence-electron chi connectivity index (χ3n) is 7.06. The number of hydrogen-bond donors (Lipinski definition) is 4. The fourth-order valence-corrected chi connectivity index (χ4v) is 5.33. The molecule has 0 atom stereocenters. The average Bonchev–Trinajstić information content (AvgIpc) is 3.44. The molecule has 0 spiro atoms. The van der Waals surface area contributed by atoms with Crippen LogP contribution in [-0.2, 0) is 0 Å². The van der Waals surface area contributed by atoms with Crippen LogP contribution in [-0.4, -0.2) is 40.1 Å². The van der Waals surface area contributed by atoms with E-state index in [4.69, 9.17) is 9.97 Å². The van der Waals surface area contributed by atoms with Gasteiger partial charge in [-0.3, -0.25) is 8.80 Å². The molecule has 4 heterocycles. The Labute approximate surface area is 265 Å². The van der Waals surface area contributed by atoms with Crippen LogP contribution in [0.2, 0.25) is 0 Å². The summed E-state index contributed by atoms with van der Waals surface area (Å²) in [4.78, 5) is 9.58. The highest BCUT2D eigenvalue weighted by Gasteiger charge is 2.21. The number of anilines is 2. The van der Waals surface area contributed by atoms with Crippen molar-refractivity contribution in [2.24, 2.45) is 0 Å². The first kappa shape index (κ1) is 31.4. The van der Waals surface area contributed by atoms with E-state index in [0.717, 1.165) is 51.1 Å². The normalized spacial score (nSPS) is 11.8. The molecular formula is C37H44N6O2. The first-order chi connectivity index (χ1) is 21.1. The van der Waals surface area contributed by atoms with Crippen LogP contribution >= 0.6 is 0 Å². The number of benzene rings is 2. The molecule has 0 aliphatic heterocycles. The minimum atomic E-state index is -0.0983. The highest BCUT2D eigenvalue weighted by molar-refractivity contribution is 5.79. The second-order valence-electron chi connectivity index (χ2n) is 13.8. The van der Waals surface area contributed by atoms with Crippen LogP contribution in [0.25, 0.3) is 33.8 Å². The van der Waals surface area contributed by atoms with Gasteiger partial charge in [-0.15, -0.1) is 0 Å². The zero-order valence-electron chi connectivity index (χ0n) is 27.7. The molecular weight excluding hydrogens is 560 g/mol. The number of hydrogen-bond acceptors (Lipinski definition) is 6. The van der Waals surface area contributed by atoms with E-state index in [1.807, 2.05) is 30.5 Å². The minimum Gasteiger partial charge on any atom is -0.508 e. The first-order valence-corrected chi connectivity index (χ1v) is 15.2. The molecule has 234 valence electrons. The Kier molecular flexibility index (Phi) is 8.27. The van der Waals surface area contributed by atoms with Gasteiger partial charge in [0.25, 0.3) is 0 Å². The van der Waals surface area contributed by atoms with Crippen LogP contribution in [0, 0.1) is 20.8 Å². The van der Waals surface area contributed by atoms with Gasteiger partial charge in [-0.1, -0.05) is 24.3 Å². The summed E-state index contributed by atoms with van der Waals surface area (Å²) in [6.07, 6.45) is 2.03. The van der Waals surface area contributed by atoms with Crippen molar-refractivity contribution < 1.29 is 10.2 Å². The van der Waals surface area contributed by atoms with Gasteiger partial charge in [-0.25, -0.2) is 9.97 Å². The summed E-state index contributed by atoms with van der Waals surface area (Å²) < 4.78 is 4.19. The lowest BCUT2D eigenvalue weighted by Crippen LogP contribution is -2.27. The van der Waals surface area contributed by atoms with Crippen molar-refractivity contribution in [3.05, 3.63) is 95.8 Å². The van der Waals surface area contributed by atoms with Crippen LogP contribution in [0.4, 0.5) is 11.6 Å². The lowest BCUT2D eigenvalue weighted by Gasteiger charge is -2.23. The summed E-state index contributed by atoms with van der Waals surface area (Å²) in [5.74, 6) is 2.38. The summed E-state index contributed by atoms with van der Waals surface area (Å²) in [6.45, 7) is 19.0. The molecule has 4 N–H and O–H groups in total. The lowest BCUT2D eigenvalue weighted by molar-refractivity contribution is 0.475. The number of aryl methyl sites for hydroxylation is 3. The predicted octanol–water partition coefficient (Wildman–Crippen LogP) is 8.76. The van der Waals surface area contributed by atoms with Crippen molar-refractivity contribution in [1.82, 2.24) is 18.8 Å². The Bertz CT molecular complexity index is 1990. The Morgan fingerprint density at radius 3 is 1.67 bits per heavy atom. The fraction of sp³-hybridized carbons (Fsp3) is 0.297. The lowest BCUT2D eigenvalue weighted by atomic mass is 10.1. The second-order valence-corrected chi connectivity index (χ2v) is 13.8. The molecule has 8 heteroatoms. The van der Waals surface area contributed by atoms with Crippen molar-refractivity contribution >= 4 is 22.9 Å². The topological polar surface area (TPSA) is 99.1 Å². The molecule has 0 unspecified atom stereocenters. The van der Waals surface area contributed by atoms with Crippen molar-refractivity contribution in [2.45, 2.75) is 73.4 Å². The molecule has 0 aliphatic rings. The Morgan fingerprint density at radius 1 is 0.600 bits per heavy atom. The molecule has 0 radical (unpaired) electrons. The maximum Gasteiger partial charge on any atom is 0.139 e. The number of phenolic OH excluding ortho intramolecular Hbond substituents is 2. The van der Waals surface area contributed by atoms with Gasteiger partial charge < -0.3 is 20.8 Å². The summed E-state index contributed by atoms with van der Waals surface area (Å²) in [5, 5.41) is 26.7. The standard InChI is InChI=1S/C19H23N3O.C18H21N3O/c1-12-9-13(2)22-16(10-12)20-17(18(22)21-19(3,4)5)14-7-6-8-15(23)11-14;1-12-8-9-21-15(10-12)19-16(17(21)20-18(2,3)4)13-6-5-7-14(22)11-13/h6-11,21,23H,1-5H3;5-11,20,22H,1-4H3. The molecule has 0 amide bonds. The number of phenols is 2. The number of fused-ring (bicyclic) bond motifs is 2. The van der Waals surface area contributed by atoms with E-state index in [2.05, 4.69) is 106 Å². The zero-order chi connectivity index (χ0) is 32.7.